The summed E-state index contributed by atoms with van der Waals surface area (Å²) in [6.07, 6.45) is 0. The number of hydroxylamine groups is 1. The normalized spacial score (nSPS) is 38.6. The molecular weight excluding hydrogens is 163 g/mol. The van der Waals surface area contributed by atoms with Gasteiger partial charge >= 0.3 is 47.3 Å². The molecule has 2 atom stereocenters. The predicted octanol–water partition coefficient (Wildman–Crippen LogP) is -2.56. The van der Waals surface area contributed by atoms with Crippen LogP contribution in [0.5, 0.6) is 0 Å². The average Bonchev–Trinajstić information content (AvgIpc) is 1.91. The van der Waals surface area contributed by atoms with Crippen LogP contribution in [0.25, 0.3) is 0 Å². The van der Waals surface area contributed by atoms with Crippen molar-refractivity contribution in [3.8, 4) is 0 Å². The second kappa shape index (κ2) is 1.75. The van der Waals surface area contributed by atoms with E-state index in [2.05, 4.69) is 31.9 Å². The van der Waals surface area contributed by atoms with E-state index >= 15 is 0 Å². The Balaban J connectivity index is 2.45. The first-order valence-corrected chi connectivity index (χ1v) is 2.77. The van der Waals surface area contributed by atoms with Crippen LogP contribution in [0.3, 0.4) is 0 Å². The van der Waals surface area contributed by atoms with Crippen LogP contribution in [0.15, 0.2) is 10.4 Å². The van der Waals surface area contributed by atoms with E-state index in [1.165, 1.54) is 0 Å². The molecule has 0 amide bonds. The van der Waals surface area contributed by atoms with Gasteiger partial charge in [-0.15, -0.1) is 0 Å². The van der Waals surface area contributed by atoms with Gasteiger partial charge < -0.3 is 0 Å². The van der Waals surface area contributed by atoms with Crippen LogP contribution in [0.1, 0.15) is 0 Å². The number of rotatable bonds is 0. The van der Waals surface area contributed by atoms with Crippen molar-refractivity contribution in [1.82, 2.24) is 5.43 Å². The quantitative estimate of drug-likeness (QED) is 0.308. The molecule has 0 saturated heterocycles. The summed E-state index contributed by atoms with van der Waals surface area (Å²) in [6, 6.07) is 0. The molecule has 5 nitrogen and oxygen atoms in total. The van der Waals surface area contributed by atoms with Crippen LogP contribution in [0.4, 0.5) is 0 Å². The molecule has 0 radical (unpaired) electrons. The van der Waals surface area contributed by atoms with Gasteiger partial charge in [0.2, 0.25) is 0 Å². The first-order valence-electron chi connectivity index (χ1n) is 1.69. The summed E-state index contributed by atoms with van der Waals surface area (Å²) in [7, 11) is 0. The topological polar surface area (TPSA) is 64.2 Å². The molecule has 0 bridgehead atoms. The van der Waals surface area contributed by atoms with Crippen LogP contribution in [-0.4, -0.2) is 21.1 Å². The minimum atomic E-state index is -0.271. The van der Waals surface area contributed by atoms with Crippen molar-refractivity contribution in [1.29, 1.82) is 0 Å². The van der Waals surface area contributed by atoms with E-state index in [0.717, 1.165) is 0 Å². The fraction of sp³-hybridized carbons (Fsp3) is 1.00. The Morgan fingerprint density at radius 2 is 2.57 bits per heavy atom. The van der Waals surface area contributed by atoms with Gasteiger partial charge in [-0.1, -0.05) is 0 Å². The van der Waals surface area contributed by atoms with Gasteiger partial charge in [0.05, 0.1) is 0 Å². The second-order valence-electron chi connectivity index (χ2n) is 1.07. The van der Waals surface area contributed by atoms with Crippen molar-refractivity contribution in [2.24, 2.45) is 10.4 Å². The van der Waals surface area contributed by atoms with E-state index in [9.17, 15) is 5.21 Å². The molecule has 2 N–H and O–H groups in total. The van der Waals surface area contributed by atoms with Crippen LogP contribution in [0, 0.1) is 5.21 Å². The van der Waals surface area contributed by atoms with Crippen molar-refractivity contribution in [3.05, 3.63) is 5.21 Å². The summed E-state index contributed by atoms with van der Waals surface area (Å²) < 4.78 is 0. The maximum absolute atomic E-state index is 10.2. The Kier molecular flexibility index (Phi) is 1.25. The molecule has 0 aromatic rings. The number of nitrogens with zero attached hydrogens (tertiary/aromatic N) is 2. The summed E-state index contributed by atoms with van der Waals surface area (Å²) in [5.74, 6) is 0. The number of nitrogens with one attached hydrogen (secondary N) is 2. The van der Waals surface area contributed by atoms with Crippen molar-refractivity contribution in [2.75, 3.05) is 0 Å². The van der Waals surface area contributed by atoms with Gasteiger partial charge in [0, 0.05) is 0 Å². The van der Waals surface area contributed by atoms with Crippen molar-refractivity contribution in [2.45, 2.75) is 5.06 Å². The molecule has 1 rings (SSSR count). The number of hydrogen-bond acceptors (Lipinski definition) is 4. The van der Waals surface area contributed by atoms with Gasteiger partial charge in [-0.25, -0.2) is 0 Å². The van der Waals surface area contributed by atoms with Gasteiger partial charge in [-0.05, 0) is 0 Å². The summed E-state index contributed by atoms with van der Waals surface area (Å²) in [5.41, 5.74) is 2.45. The fourth-order valence-electron chi connectivity index (χ4n) is 0.243. The molecule has 0 spiro atoms. The Morgan fingerprint density at radius 3 is 2.71 bits per heavy atom. The molecule has 2 unspecified atom stereocenters. The van der Waals surface area contributed by atoms with Gasteiger partial charge in [0.15, 0.2) is 0 Å². The zero-order valence-corrected chi connectivity index (χ0v) is 5.20. The molecule has 0 saturated carbocycles. The average molecular weight is 167 g/mol. The zero-order chi connectivity index (χ0) is 5.28. The third kappa shape index (κ3) is 0.889. The van der Waals surface area contributed by atoms with Crippen molar-refractivity contribution in [3.63, 3.8) is 0 Å². The van der Waals surface area contributed by atoms with Crippen LogP contribution in [-0.2, 0) is 0 Å². The van der Waals surface area contributed by atoms with E-state index < -0.39 is 0 Å². The van der Waals surface area contributed by atoms with E-state index in [4.69, 9.17) is 0 Å². The number of quaternary nitrogens is 1. The monoisotopic (exact) mass is 168 g/mol. The fourth-order valence-corrected chi connectivity index (χ4v) is 0.459. The van der Waals surface area contributed by atoms with Crippen LogP contribution < -0.4 is 10.6 Å². The molecule has 0 aromatic heterocycles. The maximum atomic E-state index is 10.2. The first-order chi connectivity index (χ1) is 3.30. The standard InChI is InChI=1S/CH4N4OSe/c6-5-1(7)2-3-4-5/h1,5,7H,(H,2,4). The van der Waals surface area contributed by atoms with E-state index in [-0.39, 0.29) is 10.2 Å². The minimum absolute atomic E-state index is 0.222. The van der Waals surface area contributed by atoms with Gasteiger partial charge in [-0.3, -0.25) is 0 Å². The first kappa shape index (κ1) is 4.99. The molecule has 1 heterocycles. The van der Waals surface area contributed by atoms with Gasteiger partial charge in [0.1, 0.15) is 0 Å². The van der Waals surface area contributed by atoms with E-state index in [1.807, 2.05) is 0 Å². The van der Waals surface area contributed by atoms with Crippen LogP contribution in [0.2, 0.25) is 0 Å². The summed E-state index contributed by atoms with van der Waals surface area (Å²) in [6.45, 7) is 0. The third-order valence-corrected chi connectivity index (χ3v) is 1.27. The number of hydrogen-bond donors (Lipinski definition) is 2. The summed E-state index contributed by atoms with van der Waals surface area (Å²) in [5, 5.41) is 16.2. The summed E-state index contributed by atoms with van der Waals surface area (Å²) in [4.78, 5) is 0. The van der Waals surface area contributed by atoms with E-state index in [1.54, 1.807) is 0 Å². The molecule has 40 valence electrons. The van der Waals surface area contributed by atoms with Crippen molar-refractivity contribution >= 4 is 16.0 Å². The molecule has 1 aliphatic heterocycles. The van der Waals surface area contributed by atoms with Gasteiger partial charge in [0.25, 0.3) is 0 Å². The Morgan fingerprint density at radius 1 is 1.86 bits per heavy atom. The SMILES string of the molecule is [O-][NH+]1N=NNC1[SeH]. The molecular formula is CH4N4OSe. The molecule has 1 aliphatic rings. The van der Waals surface area contributed by atoms with Crippen LogP contribution >= 0.6 is 0 Å². The Bertz CT molecular complexity index is 93.7. The molecule has 6 heteroatoms. The molecule has 0 aromatic carbocycles. The second-order valence-corrected chi connectivity index (χ2v) is 2.15. The van der Waals surface area contributed by atoms with Gasteiger partial charge in [-0.2, -0.15) is 0 Å². The molecule has 0 aliphatic carbocycles. The Labute approximate surface area is 48.1 Å². The van der Waals surface area contributed by atoms with E-state index in [0.29, 0.717) is 0 Å². The summed E-state index contributed by atoms with van der Waals surface area (Å²) >= 11 is 2.13. The predicted molar refractivity (Wildman–Crippen MR) is 23.3 cm³/mol. The molecule has 7 heavy (non-hydrogen) atoms. The third-order valence-electron chi connectivity index (χ3n) is 0.562. The van der Waals surface area contributed by atoms with Crippen molar-refractivity contribution < 1.29 is 5.17 Å². The molecule has 0 fully saturated rings. The zero-order valence-electron chi connectivity index (χ0n) is 3.33. The Hall–Kier alpha value is -0.161.